The zero-order chi connectivity index (χ0) is 24.3. The fraction of sp³-hybridized carbons (Fsp3) is 0.379. The number of hydrogen-bond acceptors (Lipinski definition) is 3. The number of hydrazine groups is 1. The van der Waals surface area contributed by atoms with Gasteiger partial charge in [-0.25, -0.2) is 10.0 Å². The van der Waals surface area contributed by atoms with Crippen LogP contribution in [0.25, 0.3) is 22.0 Å². The van der Waals surface area contributed by atoms with Crippen LogP contribution < -0.4 is 0 Å². The normalized spacial score (nSPS) is 23.6. The molecule has 0 spiro atoms. The number of carbonyl (C=O) groups is 2. The van der Waals surface area contributed by atoms with Crippen LogP contribution in [0.2, 0.25) is 0 Å². The Hall–Kier alpha value is -3.38. The number of rotatable bonds is 4. The van der Waals surface area contributed by atoms with E-state index in [0.29, 0.717) is 5.57 Å². The van der Waals surface area contributed by atoms with Gasteiger partial charge in [0.05, 0.1) is 0 Å². The molecule has 1 unspecified atom stereocenters. The van der Waals surface area contributed by atoms with Crippen molar-refractivity contribution in [3.05, 3.63) is 71.6 Å². The minimum absolute atomic E-state index is 0.00646. The molecule has 2 amide bonds. The molecule has 6 nitrogen and oxygen atoms in total. The Morgan fingerprint density at radius 3 is 2.34 bits per heavy atom. The number of carbonyl (C=O) groups excluding carboxylic acids is 2. The van der Waals surface area contributed by atoms with Gasteiger partial charge in [-0.3, -0.25) is 14.5 Å². The van der Waals surface area contributed by atoms with E-state index in [9.17, 15) is 9.59 Å². The number of hydrogen-bond donors (Lipinski definition) is 1. The van der Waals surface area contributed by atoms with Crippen molar-refractivity contribution in [2.45, 2.75) is 52.1 Å². The lowest BCUT2D eigenvalue weighted by Crippen LogP contribution is -2.67. The first-order valence-electron chi connectivity index (χ1n) is 12.7. The third-order valence-corrected chi connectivity index (χ3v) is 8.07. The van der Waals surface area contributed by atoms with Crippen LogP contribution in [0.1, 0.15) is 52.0 Å². The molecule has 3 aromatic rings. The molecule has 180 valence electrons. The summed E-state index contributed by atoms with van der Waals surface area (Å²) in [6.45, 7) is 7.47. The average molecular weight is 469 g/mol. The fourth-order valence-corrected chi connectivity index (χ4v) is 5.75. The van der Waals surface area contributed by atoms with Crippen molar-refractivity contribution in [3.63, 3.8) is 0 Å². The number of aromatic amines is 1. The molecule has 35 heavy (non-hydrogen) atoms. The summed E-state index contributed by atoms with van der Waals surface area (Å²) in [6.07, 6.45) is 5.91. The van der Waals surface area contributed by atoms with Crippen LogP contribution in [0.3, 0.4) is 0 Å². The number of nitrogens with zero attached hydrogens (tertiary/aromatic N) is 3. The highest BCUT2D eigenvalue weighted by atomic mass is 16.2. The third-order valence-electron chi connectivity index (χ3n) is 8.07. The Bertz CT molecular complexity index is 1340. The van der Waals surface area contributed by atoms with Crippen LogP contribution in [0, 0.1) is 5.92 Å². The molecule has 2 aliphatic heterocycles. The van der Waals surface area contributed by atoms with E-state index < -0.39 is 5.66 Å². The molecule has 0 bridgehead atoms. The van der Waals surface area contributed by atoms with Gasteiger partial charge in [0.25, 0.3) is 5.91 Å². The van der Waals surface area contributed by atoms with Crippen molar-refractivity contribution >= 4 is 22.7 Å². The van der Waals surface area contributed by atoms with Crippen molar-refractivity contribution in [2.75, 3.05) is 13.1 Å². The molecule has 6 heteroatoms. The molecule has 1 saturated heterocycles. The molecule has 1 aliphatic carbocycles. The van der Waals surface area contributed by atoms with Gasteiger partial charge in [0.2, 0.25) is 5.91 Å². The van der Waals surface area contributed by atoms with Gasteiger partial charge in [-0.05, 0) is 80.7 Å². The fourth-order valence-electron chi connectivity index (χ4n) is 5.75. The second-order valence-electron chi connectivity index (χ2n) is 10.3. The Morgan fingerprint density at radius 1 is 0.971 bits per heavy atom. The van der Waals surface area contributed by atoms with Crippen molar-refractivity contribution in [1.82, 2.24) is 19.9 Å². The largest absolute Gasteiger partial charge is 0.361 e. The number of aromatic nitrogens is 1. The van der Waals surface area contributed by atoms with E-state index in [2.05, 4.69) is 58.5 Å². The molecule has 1 atom stereocenters. The topological polar surface area (TPSA) is 59.7 Å². The van der Waals surface area contributed by atoms with Crippen molar-refractivity contribution in [2.24, 2.45) is 5.92 Å². The summed E-state index contributed by atoms with van der Waals surface area (Å²) < 4.78 is 0. The van der Waals surface area contributed by atoms with E-state index in [4.69, 9.17) is 0 Å². The molecule has 6 rings (SSSR count). The first kappa shape index (κ1) is 22.1. The quantitative estimate of drug-likeness (QED) is 0.558. The highest BCUT2D eigenvalue weighted by Gasteiger charge is 2.54. The van der Waals surface area contributed by atoms with E-state index in [-0.39, 0.29) is 17.7 Å². The molecule has 1 aromatic heterocycles. The van der Waals surface area contributed by atoms with Crippen LogP contribution in [0.15, 0.2) is 66.0 Å². The summed E-state index contributed by atoms with van der Waals surface area (Å²) in [5, 5.41) is 5.22. The minimum Gasteiger partial charge on any atom is -0.361 e. The van der Waals surface area contributed by atoms with Gasteiger partial charge in [-0.15, -0.1) is 0 Å². The molecule has 2 fully saturated rings. The molecule has 3 aliphatic rings. The maximum absolute atomic E-state index is 13.7. The SMILES string of the molecule is CC1=C(C)N(C(=O)C2CC2)C(C)(c2ccc(-c3ccc4cc[nH]c4c3)cc2)N(N2CCCC2)C1=O. The Morgan fingerprint density at radius 2 is 1.66 bits per heavy atom. The number of H-pyrrole nitrogens is 1. The van der Waals surface area contributed by atoms with Crippen LogP contribution >= 0.6 is 0 Å². The zero-order valence-corrected chi connectivity index (χ0v) is 20.7. The standard InChI is InChI=1S/C29H32N4O2/c1-19-20(2)32(28(35)23-7-8-23)29(3,33(27(19)34)31-16-4-5-17-31)25-12-10-21(11-13-25)24-9-6-22-14-15-30-26(22)18-24/h6,9-15,18,23,30H,4-5,7-8,16-17H2,1-3H3. The zero-order valence-electron chi connectivity index (χ0n) is 20.7. The van der Waals surface area contributed by atoms with Crippen LogP contribution in [-0.4, -0.2) is 44.8 Å². The third kappa shape index (κ3) is 3.42. The number of fused-ring (bicyclic) bond motifs is 1. The van der Waals surface area contributed by atoms with E-state index in [1.807, 2.05) is 36.9 Å². The first-order chi connectivity index (χ1) is 16.9. The Kier molecular flexibility index (Phi) is 5.11. The van der Waals surface area contributed by atoms with Gasteiger partial charge in [0.1, 0.15) is 0 Å². The van der Waals surface area contributed by atoms with E-state index in [1.54, 1.807) is 0 Å². The van der Waals surface area contributed by atoms with Crippen LogP contribution in [0.5, 0.6) is 0 Å². The lowest BCUT2D eigenvalue weighted by Gasteiger charge is -2.55. The highest BCUT2D eigenvalue weighted by Crippen LogP contribution is 2.46. The maximum atomic E-state index is 13.7. The van der Waals surface area contributed by atoms with Gasteiger partial charge in [0, 0.05) is 42.0 Å². The predicted molar refractivity (Wildman–Crippen MR) is 137 cm³/mol. The second-order valence-corrected chi connectivity index (χ2v) is 10.3. The summed E-state index contributed by atoms with van der Waals surface area (Å²) >= 11 is 0. The maximum Gasteiger partial charge on any atom is 0.267 e. The van der Waals surface area contributed by atoms with Crippen molar-refractivity contribution in [1.29, 1.82) is 0 Å². The summed E-state index contributed by atoms with van der Waals surface area (Å²) in [7, 11) is 0. The van der Waals surface area contributed by atoms with E-state index >= 15 is 0 Å². The van der Waals surface area contributed by atoms with Crippen molar-refractivity contribution < 1.29 is 9.59 Å². The van der Waals surface area contributed by atoms with Crippen LogP contribution in [-0.2, 0) is 15.3 Å². The number of allylic oxidation sites excluding steroid dienone is 1. The number of benzene rings is 2. The second kappa shape index (κ2) is 8.09. The Labute approximate surface area is 206 Å². The van der Waals surface area contributed by atoms with Gasteiger partial charge >= 0.3 is 0 Å². The predicted octanol–water partition coefficient (Wildman–Crippen LogP) is 5.39. The molecule has 3 heterocycles. The molecular weight excluding hydrogens is 436 g/mol. The molecule has 0 radical (unpaired) electrons. The first-order valence-corrected chi connectivity index (χ1v) is 12.7. The molecule has 2 aromatic carbocycles. The van der Waals surface area contributed by atoms with E-state index in [1.165, 1.54) is 5.39 Å². The van der Waals surface area contributed by atoms with Gasteiger partial charge < -0.3 is 4.98 Å². The van der Waals surface area contributed by atoms with Crippen molar-refractivity contribution in [3.8, 4) is 11.1 Å². The molecule has 1 N–H and O–H groups in total. The molecule has 1 saturated carbocycles. The number of amides is 2. The summed E-state index contributed by atoms with van der Waals surface area (Å²) in [5.74, 6) is 0.174. The minimum atomic E-state index is -0.910. The van der Waals surface area contributed by atoms with Gasteiger partial charge in [-0.1, -0.05) is 36.4 Å². The monoisotopic (exact) mass is 468 g/mol. The lowest BCUT2D eigenvalue weighted by molar-refractivity contribution is -0.190. The number of nitrogens with one attached hydrogen (secondary N) is 1. The summed E-state index contributed by atoms with van der Waals surface area (Å²) in [4.78, 5) is 32.6. The van der Waals surface area contributed by atoms with Crippen LogP contribution in [0.4, 0.5) is 0 Å². The molecular formula is C29H32N4O2. The smallest absolute Gasteiger partial charge is 0.267 e. The summed E-state index contributed by atoms with van der Waals surface area (Å²) in [6, 6.07) is 16.9. The lowest BCUT2D eigenvalue weighted by atomic mass is 9.91. The average Bonchev–Trinajstić information content (AvgIpc) is 3.38. The highest BCUT2D eigenvalue weighted by molar-refractivity contribution is 5.97. The van der Waals surface area contributed by atoms with E-state index in [0.717, 1.165) is 66.7 Å². The van der Waals surface area contributed by atoms with Gasteiger partial charge in [0.15, 0.2) is 5.66 Å². The Balaban J connectivity index is 1.46. The van der Waals surface area contributed by atoms with Gasteiger partial charge in [-0.2, -0.15) is 0 Å². The summed E-state index contributed by atoms with van der Waals surface area (Å²) in [5.41, 5.74) is 4.80.